The third kappa shape index (κ3) is 8.77. The van der Waals surface area contributed by atoms with E-state index in [9.17, 15) is 14.4 Å². The monoisotopic (exact) mass is 515 g/mol. The first-order valence-electron chi connectivity index (χ1n) is 12.6. The highest BCUT2D eigenvalue weighted by atomic mass is 16.7. The summed E-state index contributed by atoms with van der Waals surface area (Å²) in [7, 11) is 1.32. The van der Waals surface area contributed by atoms with Gasteiger partial charge < -0.3 is 24.1 Å². The Morgan fingerprint density at radius 1 is 1.05 bits per heavy atom. The minimum atomic E-state index is -1.61. The van der Waals surface area contributed by atoms with Crippen molar-refractivity contribution in [3.05, 3.63) is 48.3 Å². The Kier molecular flexibility index (Phi) is 11.9. The van der Waals surface area contributed by atoms with Gasteiger partial charge in [0.25, 0.3) is 0 Å². The van der Waals surface area contributed by atoms with E-state index in [0.717, 1.165) is 31.4 Å². The Bertz CT molecular complexity index is 1030. The molecular formula is C28H37NO8. The summed E-state index contributed by atoms with van der Waals surface area (Å²) >= 11 is 0. The van der Waals surface area contributed by atoms with Gasteiger partial charge in [-0.05, 0) is 31.9 Å². The molecule has 0 saturated heterocycles. The lowest BCUT2D eigenvalue weighted by Gasteiger charge is -2.32. The Labute approximate surface area is 218 Å². The zero-order chi connectivity index (χ0) is 27.4. The number of carbonyl (C=O) groups is 3. The molecule has 0 unspecified atom stereocenters. The Balaban J connectivity index is 2.11. The second-order valence-electron chi connectivity index (χ2n) is 8.91. The van der Waals surface area contributed by atoms with E-state index in [1.54, 1.807) is 6.92 Å². The Morgan fingerprint density at radius 3 is 2.35 bits per heavy atom. The van der Waals surface area contributed by atoms with Crippen LogP contribution in [-0.2, 0) is 9.53 Å². The van der Waals surface area contributed by atoms with Crippen molar-refractivity contribution in [3.8, 4) is 17.2 Å². The van der Waals surface area contributed by atoms with E-state index in [1.165, 1.54) is 19.4 Å². The molecule has 0 fully saturated rings. The first-order valence-corrected chi connectivity index (χ1v) is 12.6. The van der Waals surface area contributed by atoms with Crippen LogP contribution in [0.3, 0.4) is 0 Å². The smallest absolute Gasteiger partial charge is 0.493 e. The number of ketones is 1. The highest BCUT2D eigenvalue weighted by Gasteiger charge is 2.32. The van der Waals surface area contributed by atoms with Gasteiger partial charge in [-0.3, -0.25) is 9.59 Å². The van der Waals surface area contributed by atoms with Crippen molar-refractivity contribution >= 4 is 17.9 Å². The van der Waals surface area contributed by atoms with Crippen molar-refractivity contribution in [2.75, 3.05) is 7.11 Å². The number of carbonyl (C=O) groups excluding carboxylic acids is 2. The maximum Gasteiger partial charge on any atom is 0.511 e. The number of nitrogens with zero attached hydrogens (tertiary/aromatic N) is 1. The molecule has 9 heteroatoms. The molecule has 1 N–H and O–H groups in total. The van der Waals surface area contributed by atoms with Crippen LogP contribution >= 0.6 is 0 Å². The first-order chi connectivity index (χ1) is 17.7. The van der Waals surface area contributed by atoms with Crippen molar-refractivity contribution in [3.63, 3.8) is 0 Å². The number of para-hydroxylation sites is 1. The Morgan fingerprint density at radius 2 is 1.76 bits per heavy atom. The van der Waals surface area contributed by atoms with Gasteiger partial charge in [0.2, 0.25) is 5.75 Å². The highest BCUT2D eigenvalue weighted by Crippen LogP contribution is 2.32. The van der Waals surface area contributed by atoms with Crippen molar-refractivity contribution in [1.29, 1.82) is 0 Å². The van der Waals surface area contributed by atoms with Crippen LogP contribution in [0, 0.1) is 11.8 Å². The van der Waals surface area contributed by atoms with Crippen LogP contribution in [0.4, 0.5) is 4.79 Å². The molecule has 9 nitrogen and oxygen atoms in total. The number of benzene rings is 1. The second kappa shape index (κ2) is 14.8. The number of aromatic nitrogens is 1. The number of rotatable bonds is 15. The van der Waals surface area contributed by atoms with Crippen molar-refractivity contribution in [1.82, 2.24) is 4.98 Å². The molecule has 0 aliphatic carbocycles. The minimum Gasteiger partial charge on any atom is -0.493 e. The van der Waals surface area contributed by atoms with E-state index in [2.05, 4.69) is 11.9 Å². The number of methoxy groups -OCH3 is 1. The van der Waals surface area contributed by atoms with E-state index in [4.69, 9.17) is 24.1 Å². The predicted molar refractivity (Wildman–Crippen MR) is 137 cm³/mol. The number of hydrogen-bond acceptors (Lipinski definition) is 8. The first kappa shape index (κ1) is 29.6. The SMILES string of the molecule is CCCC[C@@H]([C@H](C)OC(=O)[C@H](C)CC(=O)c1nccc(OC)c1OC(=O)O)[C@@H](CC)Oc1ccccc1. The average molecular weight is 516 g/mol. The Hall–Kier alpha value is -3.62. The van der Waals surface area contributed by atoms with Crippen LogP contribution in [0.15, 0.2) is 42.6 Å². The molecule has 4 atom stereocenters. The lowest BCUT2D eigenvalue weighted by molar-refractivity contribution is -0.157. The summed E-state index contributed by atoms with van der Waals surface area (Å²) < 4.78 is 21.9. The van der Waals surface area contributed by atoms with Gasteiger partial charge in [-0.25, -0.2) is 9.78 Å². The molecule has 0 spiro atoms. The van der Waals surface area contributed by atoms with Crippen LogP contribution in [0.5, 0.6) is 17.2 Å². The average Bonchev–Trinajstić information content (AvgIpc) is 2.88. The van der Waals surface area contributed by atoms with Crippen molar-refractivity contribution < 1.29 is 38.4 Å². The predicted octanol–water partition coefficient (Wildman–Crippen LogP) is 5.95. The van der Waals surface area contributed by atoms with Crippen LogP contribution < -0.4 is 14.2 Å². The maximum absolute atomic E-state index is 13.0. The standard InChI is InChI=1S/C28H37NO8/c1-6-8-14-21(23(7-2)36-20-12-10-9-11-13-20)19(4)35-27(31)18(3)17-22(30)25-26(37-28(32)33)24(34-5)15-16-29-25/h9-13,15-16,18-19,21,23H,6-8,14,17H2,1-5H3,(H,32,33)/t18-,19+,21+,23-/m1/s1. The molecule has 0 saturated carbocycles. The summed E-state index contributed by atoms with van der Waals surface area (Å²) in [5.74, 6) is -1.41. The van der Waals surface area contributed by atoms with E-state index in [0.29, 0.717) is 0 Å². The van der Waals surface area contributed by atoms with Crippen LogP contribution in [-0.4, -0.2) is 47.3 Å². The van der Waals surface area contributed by atoms with Gasteiger partial charge in [-0.15, -0.1) is 0 Å². The van der Waals surface area contributed by atoms with E-state index < -0.39 is 29.9 Å². The molecular weight excluding hydrogens is 478 g/mol. The van der Waals surface area contributed by atoms with Gasteiger partial charge >= 0.3 is 12.1 Å². The van der Waals surface area contributed by atoms with E-state index in [-0.39, 0.29) is 35.6 Å². The van der Waals surface area contributed by atoms with E-state index in [1.807, 2.05) is 44.2 Å². The molecule has 2 aromatic rings. The third-order valence-electron chi connectivity index (χ3n) is 6.14. The molecule has 0 bridgehead atoms. The number of esters is 1. The molecule has 1 heterocycles. The maximum atomic E-state index is 13.0. The summed E-state index contributed by atoms with van der Waals surface area (Å²) in [5, 5.41) is 9.03. The summed E-state index contributed by atoms with van der Waals surface area (Å²) in [6.45, 7) is 7.59. The minimum absolute atomic E-state index is 0.0346. The van der Waals surface area contributed by atoms with Crippen LogP contribution in [0.1, 0.15) is 70.3 Å². The fourth-order valence-corrected chi connectivity index (χ4v) is 4.13. The number of pyridine rings is 1. The number of ether oxygens (including phenoxy) is 4. The van der Waals surface area contributed by atoms with Gasteiger partial charge in [-0.2, -0.15) is 0 Å². The zero-order valence-electron chi connectivity index (χ0n) is 22.1. The molecule has 0 amide bonds. The molecule has 2 rings (SSSR count). The van der Waals surface area contributed by atoms with Gasteiger partial charge in [-0.1, -0.05) is 51.8 Å². The second-order valence-corrected chi connectivity index (χ2v) is 8.91. The van der Waals surface area contributed by atoms with Gasteiger partial charge in [0.05, 0.1) is 13.0 Å². The molecule has 202 valence electrons. The van der Waals surface area contributed by atoms with Gasteiger partial charge in [0.1, 0.15) is 18.0 Å². The van der Waals surface area contributed by atoms with Gasteiger partial charge in [0, 0.05) is 24.6 Å². The summed E-state index contributed by atoms with van der Waals surface area (Å²) in [6, 6.07) is 10.9. The summed E-state index contributed by atoms with van der Waals surface area (Å²) in [4.78, 5) is 41.0. The normalized spacial score (nSPS) is 14.1. The molecule has 0 aliphatic heterocycles. The lowest BCUT2D eigenvalue weighted by Crippen LogP contribution is -2.37. The van der Waals surface area contributed by atoms with Crippen molar-refractivity contribution in [2.24, 2.45) is 11.8 Å². The number of hydrogen-bond donors (Lipinski definition) is 1. The topological polar surface area (TPSA) is 121 Å². The molecule has 1 aromatic heterocycles. The number of unbranched alkanes of at least 4 members (excludes halogenated alkanes) is 1. The van der Waals surface area contributed by atoms with Gasteiger partial charge in [0.15, 0.2) is 17.2 Å². The zero-order valence-corrected chi connectivity index (χ0v) is 22.1. The molecule has 1 aromatic carbocycles. The third-order valence-corrected chi connectivity index (χ3v) is 6.14. The molecule has 0 aliphatic rings. The molecule has 0 radical (unpaired) electrons. The fraction of sp³-hybridized carbons (Fsp3) is 0.500. The lowest BCUT2D eigenvalue weighted by atomic mass is 9.89. The van der Waals surface area contributed by atoms with Crippen molar-refractivity contribution in [2.45, 2.75) is 72.0 Å². The largest absolute Gasteiger partial charge is 0.511 e. The molecule has 37 heavy (non-hydrogen) atoms. The number of Topliss-reactive ketones (excluding diaryl/α,β-unsaturated/α-hetero) is 1. The fourth-order valence-electron chi connectivity index (χ4n) is 4.13. The van der Waals surface area contributed by atoms with E-state index >= 15 is 0 Å². The summed E-state index contributed by atoms with van der Waals surface area (Å²) in [6.07, 6.45) is 2.40. The van der Waals surface area contributed by atoms with Crippen LogP contribution in [0.2, 0.25) is 0 Å². The van der Waals surface area contributed by atoms with Crippen LogP contribution in [0.25, 0.3) is 0 Å². The number of carboxylic acid groups (broad SMARTS) is 1. The quantitative estimate of drug-likeness (QED) is 0.226. The highest BCUT2D eigenvalue weighted by molar-refractivity contribution is 5.99. The summed E-state index contributed by atoms with van der Waals surface area (Å²) in [5.41, 5.74) is -0.224.